The molecule has 1 aliphatic rings. The van der Waals surface area contributed by atoms with E-state index in [9.17, 15) is 9.59 Å². The van der Waals surface area contributed by atoms with Gasteiger partial charge < -0.3 is 10.2 Å². The summed E-state index contributed by atoms with van der Waals surface area (Å²) in [4.78, 5) is 29.9. The SMILES string of the molecule is CC(=O)N1C=Cc2ccccc2[C@@H]1CC(=O)NCc1nccs1. The zero-order valence-corrected chi connectivity index (χ0v) is 13.5. The normalized spacial score (nSPS) is 16.0. The van der Waals surface area contributed by atoms with E-state index >= 15 is 0 Å². The molecule has 2 aromatic rings. The topological polar surface area (TPSA) is 62.3 Å². The van der Waals surface area contributed by atoms with Crippen molar-refractivity contribution in [1.29, 1.82) is 0 Å². The minimum Gasteiger partial charge on any atom is -0.350 e. The summed E-state index contributed by atoms with van der Waals surface area (Å²) in [5.74, 6) is -0.171. The summed E-state index contributed by atoms with van der Waals surface area (Å²) in [5, 5.41) is 5.61. The first-order valence-corrected chi connectivity index (χ1v) is 8.24. The van der Waals surface area contributed by atoms with Crippen molar-refractivity contribution in [3.63, 3.8) is 0 Å². The summed E-state index contributed by atoms with van der Waals surface area (Å²) in [6.45, 7) is 1.93. The fourth-order valence-corrected chi connectivity index (χ4v) is 3.23. The highest BCUT2D eigenvalue weighted by Gasteiger charge is 2.28. The molecule has 118 valence electrons. The third-order valence-electron chi connectivity index (χ3n) is 3.77. The minimum absolute atomic E-state index is 0.0755. The predicted octanol–water partition coefficient (Wildman–Crippen LogP) is 2.72. The molecule has 0 saturated heterocycles. The number of fused-ring (bicyclic) bond motifs is 1. The maximum absolute atomic E-state index is 12.3. The molecule has 1 aromatic heterocycles. The van der Waals surface area contributed by atoms with Crippen LogP contribution < -0.4 is 5.32 Å². The summed E-state index contributed by atoms with van der Waals surface area (Å²) < 4.78 is 0. The van der Waals surface area contributed by atoms with Crippen LogP contribution >= 0.6 is 11.3 Å². The Morgan fingerprint density at radius 3 is 2.91 bits per heavy atom. The van der Waals surface area contributed by atoms with E-state index in [0.717, 1.165) is 16.1 Å². The first-order chi connectivity index (χ1) is 11.1. The molecule has 0 unspecified atom stereocenters. The van der Waals surface area contributed by atoms with Crippen LogP contribution in [0.1, 0.15) is 35.5 Å². The van der Waals surface area contributed by atoms with Crippen LogP contribution in [0.4, 0.5) is 0 Å². The summed E-state index contributed by atoms with van der Waals surface area (Å²) in [7, 11) is 0. The number of carbonyl (C=O) groups is 2. The van der Waals surface area contributed by atoms with Gasteiger partial charge in [-0.1, -0.05) is 24.3 Å². The predicted molar refractivity (Wildman–Crippen MR) is 89.3 cm³/mol. The Balaban J connectivity index is 1.74. The largest absolute Gasteiger partial charge is 0.350 e. The standard InChI is InChI=1S/C17H17N3O2S/c1-12(21)20-8-6-13-4-2-3-5-14(13)15(20)10-16(22)19-11-17-18-7-9-23-17/h2-9,15H,10-11H2,1H3,(H,19,22)/t15-/m0/s1. The number of nitrogens with one attached hydrogen (secondary N) is 1. The third kappa shape index (κ3) is 3.48. The molecule has 2 heterocycles. The van der Waals surface area contributed by atoms with Crippen LogP contribution in [0.25, 0.3) is 6.08 Å². The second-order valence-electron chi connectivity index (χ2n) is 5.29. The number of nitrogens with zero attached hydrogens (tertiary/aromatic N) is 2. The zero-order chi connectivity index (χ0) is 16.2. The molecule has 0 saturated carbocycles. The summed E-state index contributed by atoms with van der Waals surface area (Å²) in [6.07, 6.45) is 5.60. The number of thiazole rings is 1. The Bertz CT molecular complexity index is 740. The second kappa shape index (κ2) is 6.75. The Labute approximate surface area is 138 Å². The van der Waals surface area contributed by atoms with E-state index in [1.54, 1.807) is 17.3 Å². The molecule has 1 aliphatic heterocycles. The van der Waals surface area contributed by atoms with Crippen molar-refractivity contribution in [2.24, 2.45) is 0 Å². The maximum atomic E-state index is 12.3. The van der Waals surface area contributed by atoms with Gasteiger partial charge in [-0.2, -0.15) is 0 Å². The Morgan fingerprint density at radius 1 is 1.35 bits per heavy atom. The molecular weight excluding hydrogens is 310 g/mol. The average molecular weight is 327 g/mol. The molecule has 23 heavy (non-hydrogen) atoms. The number of hydrogen-bond acceptors (Lipinski definition) is 4. The van der Waals surface area contributed by atoms with Crippen LogP contribution in [0, 0.1) is 0 Å². The molecule has 1 aromatic carbocycles. The zero-order valence-electron chi connectivity index (χ0n) is 12.7. The van der Waals surface area contributed by atoms with Gasteiger partial charge in [0.1, 0.15) is 5.01 Å². The molecule has 0 radical (unpaired) electrons. The fraction of sp³-hybridized carbons (Fsp3) is 0.235. The lowest BCUT2D eigenvalue weighted by molar-refractivity contribution is -0.130. The van der Waals surface area contributed by atoms with Crippen LogP contribution in [0.5, 0.6) is 0 Å². The van der Waals surface area contributed by atoms with E-state index < -0.39 is 0 Å². The molecule has 2 amide bonds. The lowest BCUT2D eigenvalue weighted by Gasteiger charge is -2.32. The molecule has 1 N–H and O–H groups in total. The number of benzene rings is 1. The number of carbonyl (C=O) groups excluding carboxylic acids is 2. The minimum atomic E-state index is -0.273. The van der Waals surface area contributed by atoms with E-state index in [0.29, 0.717) is 6.54 Å². The first-order valence-electron chi connectivity index (χ1n) is 7.36. The summed E-state index contributed by atoms with van der Waals surface area (Å²) in [5.41, 5.74) is 2.04. The van der Waals surface area contributed by atoms with Crippen molar-refractivity contribution in [1.82, 2.24) is 15.2 Å². The summed E-state index contributed by atoms with van der Waals surface area (Å²) in [6, 6.07) is 7.56. The Morgan fingerprint density at radius 2 is 2.17 bits per heavy atom. The summed E-state index contributed by atoms with van der Waals surface area (Å²) >= 11 is 1.50. The van der Waals surface area contributed by atoms with Crippen LogP contribution in [0.3, 0.4) is 0 Å². The molecule has 0 spiro atoms. The monoisotopic (exact) mass is 327 g/mol. The van der Waals surface area contributed by atoms with Gasteiger partial charge in [0.2, 0.25) is 11.8 Å². The van der Waals surface area contributed by atoms with Gasteiger partial charge in [-0.15, -0.1) is 11.3 Å². The highest BCUT2D eigenvalue weighted by Crippen LogP contribution is 2.32. The third-order valence-corrected chi connectivity index (χ3v) is 4.55. The molecule has 5 nitrogen and oxygen atoms in total. The van der Waals surface area contributed by atoms with Crippen LogP contribution in [-0.2, 0) is 16.1 Å². The average Bonchev–Trinajstić information content (AvgIpc) is 3.06. The van der Waals surface area contributed by atoms with Gasteiger partial charge in [-0.05, 0) is 17.2 Å². The van der Waals surface area contributed by atoms with E-state index in [1.165, 1.54) is 18.3 Å². The lowest BCUT2D eigenvalue weighted by Crippen LogP contribution is -2.35. The van der Waals surface area contributed by atoms with Crippen molar-refractivity contribution < 1.29 is 9.59 Å². The van der Waals surface area contributed by atoms with Crippen molar-refractivity contribution in [3.05, 3.63) is 58.2 Å². The van der Waals surface area contributed by atoms with Crippen LogP contribution in [0.15, 0.2) is 42.0 Å². The highest BCUT2D eigenvalue weighted by molar-refractivity contribution is 7.09. The van der Waals surface area contributed by atoms with Gasteiger partial charge in [0.05, 0.1) is 19.0 Å². The molecule has 1 atom stereocenters. The molecule has 3 rings (SSSR count). The van der Waals surface area contributed by atoms with Gasteiger partial charge in [-0.25, -0.2) is 4.98 Å². The Hall–Kier alpha value is -2.47. The second-order valence-corrected chi connectivity index (χ2v) is 6.27. The quantitative estimate of drug-likeness (QED) is 0.939. The molecule has 0 fully saturated rings. The van der Waals surface area contributed by atoms with Crippen LogP contribution in [0.2, 0.25) is 0 Å². The Kier molecular flexibility index (Phi) is 4.52. The van der Waals surface area contributed by atoms with Gasteiger partial charge in [0.25, 0.3) is 0 Å². The first kappa shape index (κ1) is 15.4. The molecular formula is C17H17N3O2S. The molecule has 0 aliphatic carbocycles. The van der Waals surface area contributed by atoms with E-state index in [-0.39, 0.29) is 24.3 Å². The van der Waals surface area contributed by atoms with E-state index in [4.69, 9.17) is 0 Å². The number of amides is 2. The van der Waals surface area contributed by atoms with Gasteiger partial charge >= 0.3 is 0 Å². The van der Waals surface area contributed by atoms with Crippen LogP contribution in [-0.4, -0.2) is 21.7 Å². The lowest BCUT2D eigenvalue weighted by atomic mass is 9.93. The van der Waals surface area contributed by atoms with Gasteiger partial charge in [0, 0.05) is 24.7 Å². The highest BCUT2D eigenvalue weighted by atomic mass is 32.1. The number of rotatable bonds is 4. The van der Waals surface area contributed by atoms with Gasteiger partial charge in [-0.3, -0.25) is 9.59 Å². The molecule has 0 bridgehead atoms. The fourth-order valence-electron chi connectivity index (χ4n) is 2.68. The smallest absolute Gasteiger partial charge is 0.223 e. The number of aromatic nitrogens is 1. The molecule has 6 heteroatoms. The van der Waals surface area contributed by atoms with Crippen molar-refractivity contribution in [2.45, 2.75) is 25.9 Å². The van der Waals surface area contributed by atoms with Crippen molar-refractivity contribution in [2.75, 3.05) is 0 Å². The maximum Gasteiger partial charge on any atom is 0.223 e. The van der Waals surface area contributed by atoms with E-state index in [2.05, 4.69) is 10.3 Å². The van der Waals surface area contributed by atoms with E-state index in [1.807, 2.05) is 35.7 Å². The number of hydrogen-bond donors (Lipinski definition) is 1. The van der Waals surface area contributed by atoms with Gasteiger partial charge in [0.15, 0.2) is 0 Å². The van der Waals surface area contributed by atoms with Crippen molar-refractivity contribution in [3.8, 4) is 0 Å². The van der Waals surface area contributed by atoms with Crippen molar-refractivity contribution >= 4 is 29.2 Å².